The van der Waals surface area contributed by atoms with Crippen molar-refractivity contribution in [3.63, 3.8) is 0 Å². The van der Waals surface area contributed by atoms with Crippen LogP contribution in [0.2, 0.25) is 0 Å². The zero-order chi connectivity index (χ0) is 15.2. The van der Waals surface area contributed by atoms with E-state index < -0.39 is 0 Å². The molecule has 0 spiro atoms. The summed E-state index contributed by atoms with van der Waals surface area (Å²) in [5.74, 6) is 0.634. The van der Waals surface area contributed by atoms with Gasteiger partial charge in [-0.1, -0.05) is 42.1 Å². The molecule has 0 saturated heterocycles. The van der Waals surface area contributed by atoms with Gasteiger partial charge in [0.05, 0.1) is 5.25 Å². The molecule has 0 saturated carbocycles. The number of aromatic nitrogens is 2. The molecule has 0 aliphatic carbocycles. The molecule has 1 amide bonds. The van der Waals surface area contributed by atoms with E-state index in [2.05, 4.69) is 22.3 Å². The fourth-order valence-electron chi connectivity index (χ4n) is 1.85. The van der Waals surface area contributed by atoms with Crippen molar-refractivity contribution in [1.82, 2.24) is 15.1 Å². The van der Waals surface area contributed by atoms with E-state index in [1.54, 1.807) is 19.0 Å². The lowest BCUT2D eigenvalue weighted by molar-refractivity contribution is -0.127. The Morgan fingerprint density at radius 2 is 1.95 bits per heavy atom. The van der Waals surface area contributed by atoms with Crippen molar-refractivity contribution in [3.05, 3.63) is 41.8 Å². The number of aryl methyl sites for hydroxylation is 2. The van der Waals surface area contributed by atoms with Crippen molar-refractivity contribution in [1.29, 1.82) is 0 Å². The SMILES string of the molecule is CC(Sc1nnc(CCc2ccccc2)o1)C(=O)N(C)C. The second-order valence-electron chi connectivity index (χ2n) is 4.94. The summed E-state index contributed by atoms with van der Waals surface area (Å²) in [5.41, 5.74) is 1.24. The Morgan fingerprint density at radius 1 is 1.24 bits per heavy atom. The maximum atomic E-state index is 11.8. The molecule has 0 radical (unpaired) electrons. The summed E-state index contributed by atoms with van der Waals surface area (Å²) < 4.78 is 5.58. The zero-order valence-electron chi connectivity index (χ0n) is 12.4. The van der Waals surface area contributed by atoms with Crippen molar-refractivity contribution < 1.29 is 9.21 Å². The number of carbonyl (C=O) groups is 1. The van der Waals surface area contributed by atoms with Gasteiger partial charge < -0.3 is 9.32 Å². The van der Waals surface area contributed by atoms with E-state index in [0.29, 0.717) is 17.5 Å². The third-order valence-corrected chi connectivity index (χ3v) is 3.91. The first-order valence-electron chi connectivity index (χ1n) is 6.80. The summed E-state index contributed by atoms with van der Waals surface area (Å²) in [7, 11) is 3.47. The molecule has 0 bridgehead atoms. The second kappa shape index (κ2) is 7.26. The third kappa shape index (κ3) is 4.60. The van der Waals surface area contributed by atoms with Gasteiger partial charge in [0.1, 0.15) is 0 Å². The standard InChI is InChI=1S/C15H19N3O2S/c1-11(14(19)18(2)3)21-15-17-16-13(20-15)10-9-12-7-5-4-6-8-12/h4-8,11H,9-10H2,1-3H3. The van der Waals surface area contributed by atoms with Crippen LogP contribution in [0, 0.1) is 0 Å². The number of benzene rings is 1. The molecule has 1 atom stereocenters. The quantitative estimate of drug-likeness (QED) is 0.767. The summed E-state index contributed by atoms with van der Waals surface area (Å²) in [5, 5.41) is 8.22. The van der Waals surface area contributed by atoms with Gasteiger partial charge in [-0.25, -0.2) is 0 Å². The topological polar surface area (TPSA) is 59.2 Å². The van der Waals surface area contributed by atoms with E-state index in [1.807, 2.05) is 25.1 Å². The Kier molecular flexibility index (Phi) is 5.38. The highest BCUT2D eigenvalue weighted by atomic mass is 32.2. The molecule has 0 aliphatic heterocycles. The Balaban J connectivity index is 1.88. The average molecular weight is 305 g/mol. The summed E-state index contributed by atoms with van der Waals surface area (Å²) in [6.45, 7) is 1.83. The smallest absolute Gasteiger partial charge is 0.277 e. The molecule has 21 heavy (non-hydrogen) atoms. The molecule has 6 heteroatoms. The normalized spacial score (nSPS) is 12.1. The molecule has 1 aromatic heterocycles. The van der Waals surface area contributed by atoms with Gasteiger partial charge in [-0.2, -0.15) is 0 Å². The monoisotopic (exact) mass is 305 g/mol. The molecular weight excluding hydrogens is 286 g/mol. The van der Waals surface area contributed by atoms with Crippen LogP contribution in [0.5, 0.6) is 0 Å². The Hall–Kier alpha value is -1.82. The molecule has 112 valence electrons. The van der Waals surface area contributed by atoms with Crippen LogP contribution in [0.15, 0.2) is 40.0 Å². The van der Waals surface area contributed by atoms with Crippen molar-refractivity contribution in [2.45, 2.75) is 30.2 Å². The van der Waals surface area contributed by atoms with E-state index >= 15 is 0 Å². The van der Waals surface area contributed by atoms with Gasteiger partial charge in [0.25, 0.3) is 5.22 Å². The van der Waals surface area contributed by atoms with E-state index in [1.165, 1.54) is 17.3 Å². The number of carbonyl (C=O) groups excluding carboxylic acids is 1. The minimum atomic E-state index is -0.234. The van der Waals surface area contributed by atoms with Crippen LogP contribution in [-0.4, -0.2) is 40.3 Å². The maximum Gasteiger partial charge on any atom is 0.277 e. The first-order valence-corrected chi connectivity index (χ1v) is 7.68. The molecule has 0 fully saturated rings. The minimum Gasteiger partial charge on any atom is -0.416 e. The number of rotatable bonds is 6. The molecule has 1 heterocycles. The van der Waals surface area contributed by atoms with Crippen LogP contribution in [0.3, 0.4) is 0 Å². The fourth-order valence-corrected chi connectivity index (χ4v) is 2.69. The van der Waals surface area contributed by atoms with Gasteiger partial charge >= 0.3 is 0 Å². The third-order valence-electron chi connectivity index (χ3n) is 2.98. The van der Waals surface area contributed by atoms with E-state index in [-0.39, 0.29) is 11.2 Å². The number of hydrogen-bond donors (Lipinski definition) is 0. The first-order chi connectivity index (χ1) is 10.1. The van der Waals surface area contributed by atoms with Crippen LogP contribution in [0.25, 0.3) is 0 Å². The molecule has 5 nitrogen and oxygen atoms in total. The van der Waals surface area contributed by atoms with Gasteiger partial charge in [0.2, 0.25) is 11.8 Å². The van der Waals surface area contributed by atoms with E-state index in [9.17, 15) is 4.79 Å². The summed E-state index contributed by atoms with van der Waals surface area (Å²) in [6.07, 6.45) is 1.56. The minimum absolute atomic E-state index is 0.0315. The summed E-state index contributed by atoms with van der Waals surface area (Å²) >= 11 is 1.29. The predicted molar refractivity (Wildman–Crippen MR) is 82.2 cm³/mol. The van der Waals surface area contributed by atoms with E-state index in [4.69, 9.17) is 4.42 Å². The first kappa shape index (κ1) is 15.6. The van der Waals surface area contributed by atoms with Crippen LogP contribution in [-0.2, 0) is 17.6 Å². The van der Waals surface area contributed by atoms with Gasteiger partial charge in [-0.3, -0.25) is 4.79 Å². The van der Waals surface area contributed by atoms with Gasteiger partial charge in [-0.05, 0) is 18.9 Å². The Bertz CT molecular complexity index is 584. The lowest BCUT2D eigenvalue weighted by atomic mass is 10.1. The number of hydrogen-bond acceptors (Lipinski definition) is 5. The predicted octanol–water partition coefficient (Wildman–Crippen LogP) is 2.42. The molecule has 1 aromatic carbocycles. The Labute approximate surface area is 128 Å². The summed E-state index contributed by atoms with van der Waals surface area (Å²) in [4.78, 5) is 13.3. The van der Waals surface area contributed by atoms with Gasteiger partial charge in [0, 0.05) is 20.5 Å². The largest absolute Gasteiger partial charge is 0.416 e. The molecule has 2 aromatic rings. The second-order valence-corrected chi connectivity index (χ2v) is 6.23. The van der Waals surface area contributed by atoms with Gasteiger partial charge in [0.15, 0.2) is 0 Å². The zero-order valence-corrected chi connectivity index (χ0v) is 13.3. The van der Waals surface area contributed by atoms with Crippen LogP contribution < -0.4 is 0 Å². The van der Waals surface area contributed by atoms with Crippen molar-refractivity contribution >= 4 is 17.7 Å². The maximum absolute atomic E-state index is 11.8. The van der Waals surface area contributed by atoms with Crippen molar-refractivity contribution in [2.75, 3.05) is 14.1 Å². The van der Waals surface area contributed by atoms with Crippen LogP contribution in [0.1, 0.15) is 18.4 Å². The van der Waals surface area contributed by atoms with Crippen molar-refractivity contribution in [2.24, 2.45) is 0 Å². The molecular formula is C15H19N3O2S. The van der Waals surface area contributed by atoms with E-state index in [0.717, 1.165) is 6.42 Å². The number of amides is 1. The summed E-state index contributed by atoms with van der Waals surface area (Å²) in [6, 6.07) is 10.2. The lowest BCUT2D eigenvalue weighted by Gasteiger charge is -2.14. The number of nitrogens with zero attached hydrogens (tertiary/aromatic N) is 3. The molecule has 2 rings (SSSR count). The van der Waals surface area contributed by atoms with Crippen LogP contribution in [0.4, 0.5) is 0 Å². The highest BCUT2D eigenvalue weighted by Crippen LogP contribution is 2.23. The molecule has 0 aliphatic rings. The van der Waals surface area contributed by atoms with Crippen molar-refractivity contribution in [3.8, 4) is 0 Å². The molecule has 1 unspecified atom stereocenters. The van der Waals surface area contributed by atoms with Crippen LogP contribution >= 0.6 is 11.8 Å². The number of thioether (sulfide) groups is 1. The fraction of sp³-hybridized carbons (Fsp3) is 0.400. The average Bonchev–Trinajstić information content (AvgIpc) is 2.92. The molecule has 0 N–H and O–H groups in total. The van der Waals surface area contributed by atoms with Gasteiger partial charge in [-0.15, -0.1) is 10.2 Å². The highest BCUT2D eigenvalue weighted by Gasteiger charge is 2.19. The highest BCUT2D eigenvalue weighted by molar-refractivity contribution is 8.00. The Morgan fingerprint density at radius 3 is 2.62 bits per heavy atom. The lowest BCUT2D eigenvalue weighted by Crippen LogP contribution is -2.29.